The first-order valence-electron chi connectivity index (χ1n) is 6.45. The fraction of sp³-hybridized carbons (Fsp3) is 0.333. The molecule has 0 fully saturated rings. The standard InChI is InChI=1S/C15H16BrFN2O/c1-4-19-13(15(16)10(3)18-19)8-14(20)11-6-5-9(2)7-12(11)17/h5-7H,4,8H2,1-3H3. The zero-order chi connectivity index (χ0) is 14.9. The number of benzene rings is 1. The summed E-state index contributed by atoms with van der Waals surface area (Å²) < 4.78 is 16.4. The molecule has 0 N–H and O–H groups in total. The summed E-state index contributed by atoms with van der Waals surface area (Å²) in [6, 6.07) is 4.67. The van der Waals surface area contributed by atoms with Crippen LogP contribution in [-0.2, 0) is 13.0 Å². The van der Waals surface area contributed by atoms with E-state index in [4.69, 9.17) is 0 Å². The Balaban J connectivity index is 2.32. The number of carbonyl (C=O) groups is 1. The van der Waals surface area contributed by atoms with Gasteiger partial charge in [-0.05, 0) is 54.4 Å². The summed E-state index contributed by atoms with van der Waals surface area (Å²) in [6.07, 6.45) is 0.134. The van der Waals surface area contributed by atoms with Crippen LogP contribution < -0.4 is 0 Å². The van der Waals surface area contributed by atoms with Crippen molar-refractivity contribution in [1.82, 2.24) is 9.78 Å². The Kier molecular flexibility index (Phi) is 4.38. The number of hydrogen-bond donors (Lipinski definition) is 0. The summed E-state index contributed by atoms with van der Waals surface area (Å²) >= 11 is 3.44. The number of halogens is 2. The quantitative estimate of drug-likeness (QED) is 0.793. The minimum atomic E-state index is -0.467. The van der Waals surface area contributed by atoms with Gasteiger partial charge in [-0.15, -0.1) is 0 Å². The molecular formula is C15H16BrFN2O. The second kappa shape index (κ2) is 5.87. The lowest BCUT2D eigenvalue weighted by Crippen LogP contribution is -2.11. The van der Waals surface area contributed by atoms with Crippen LogP contribution in [0.4, 0.5) is 4.39 Å². The van der Waals surface area contributed by atoms with Gasteiger partial charge in [0.05, 0.1) is 27.8 Å². The fourth-order valence-electron chi connectivity index (χ4n) is 2.13. The zero-order valence-corrected chi connectivity index (χ0v) is 13.3. The van der Waals surface area contributed by atoms with Crippen LogP contribution >= 0.6 is 15.9 Å². The second-order valence-corrected chi connectivity index (χ2v) is 5.54. The lowest BCUT2D eigenvalue weighted by atomic mass is 10.0. The molecule has 0 aliphatic rings. The van der Waals surface area contributed by atoms with Crippen molar-refractivity contribution >= 4 is 21.7 Å². The number of rotatable bonds is 4. The third-order valence-electron chi connectivity index (χ3n) is 3.21. The molecule has 5 heteroatoms. The van der Waals surface area contributed by atoms with Crippen molar-refractivity contribution in [3.63, 3.8) is 0 Å². The van der Waals surface area contributed by atoms with Gasteiger partial charge in [0, 0.05) is 6.54 Å². The molecule has 20 heavy (non-hydrogen) atoms. The number of nitrogens with zero attached hydrogens (tertiary/aromatic N) is 2. The molecule has 0 bridgehead atoms. The number of carbonyl (C=O) groups excluding carboxylic acids is 1. The van der Waals surface area contributed by atoms with E-state index in [9.17, 15) is 9.18 Å². The minimum Gasteiger partial charge on any atom is -0.294 e. The monoisotopic (exact) mass is 338 g/mol. The third-order valence-corrected chi connectivity index (χ3v) is 4.24. The highest BCUT2D eigenvalue weighted by Gasteiger charge is 2.18. The molecule has 0 saturated heterocycles. The predicted octanol–water partition coefficient (Wildman–Crippen LogP) is 3.85. The first-order chi connectivity index (χ1) is 9.43. The summed E-state index contributed by atoms with van der Waals surface area (Å²) in [4.78, 5) is 12.3. The molecule has 0 radical (unpaired) electrons. The molecule has 0 atom stereocenters. The summed E-state index contributed by atoms with van der Waals surface area (Å²) in [7, 11) is 0. The number of Topliss-reactive ketones (excluding diaryl/α,β-unsaturated/α-hetero) is 1. The van der Waals surface area contributed by atoms with Crippen molar-refractivity contribution < 1.29 is 9.18 Å². The Hall–Kier alpha value is -1.49. The SMILES string of the molecule is CCn1nc(C)c(Br)c1CC(=O)c1ccc(C)cc1F. The van der Waals surface area contributed by atoms with Crippen LogP contribution in [0.25, 0.3) is 0 Å². The third kappa shape index (κ3) is 2.82. The highest BCUT2D eigenvalue weighted by atomic mass is 79.9. The van der Waals surface area contributed by atoms with Crippen molar-refractivity contribution in [2.75, 3.05) is 0 Å². The largest absolute Gasteiger partial charge is 0.294 e. The van der Waals surface area contributed by atoms with Gasteiger partial charge in [-0.25, -0.2) is 4.39 Å². The predicted molar refractivity (Wildman–Crippen MR) is 79.5 cm³/mol. The first-order valence-corrected chi connectivity index (χ1v) is 7.24. The van der Waals surface area contributed by atoms with Gasteiger partial charge in [0.25, 0.3) is 0 Å². The number of hydrogen-bond acceptors (Lipinski definition) is 2. The van der Waals surface area contributed by atoms with Crippen molar-refractivity contribution in [3.05, 3.63) is 51.0 Å². The molecule has 2 aromatic rings. The number of aromatic nitrogens is 2. The zero-order valence-electron chi connectivity index (χ0n) is 11.7. The minimum absolute atomic E-state index is 0.129. The van der Waals surface area contributed by atoms with Crippen molar-refractivity contribution in [1.29, 1.82) is 0 Å². The summed E-state index contributed by atoms with van der Waals surface area (Å²) in [5.74, 6) is -0.705. The van der Waals surface area contributed by atoms with E-state index < -0.39 is 5.82 Å². The highest BCUT2D eigenvalue weighted by Crippen LogP contribution is 2.23. The maximum Gasteiger partial charge on any atom is 0.171 e. The van der Waals surface area contributed by atoms with Gasteiger partial charge >= 0.3 is 0 Å². The molecule has 0 spiro atoms. The molecule has 1 aromatic carbocycles. The van der Waals surface area contributed by atoms with Crippen LogP contribution in [0.1, 0.15) is 34.2 Å². The molecular weight excluding hydrogens is 323 g/mol. The second-order valence-electron chi connectivity index (χ2n) is 4.75. The Bertz CT molecular complexity index is 664. The van der Waals surface area contributed by atoms with Crippen LogP contribution in [0.3, 0.4) is 0 Å². The number of aryl methyl sites for hydroxylation is 3. The van der Waals surface area contributed by atoms with Crippen molar-refractivity contribution in [2.45, 2.75) is 33.7 Å². The Morgan fingerprint density at radius 2 is 2.10 bits per heavy atom. The number of ketones is 1. The Labute approximate surface area is 125 Å². The van der Waals surface area contributed by atoms with Crippen LogP contribution in [0.15, 0.2) is 22.7 Å². The van der Waals surface area contributed by atoms with Gasteiger partial charge in [-0.1, -0.05) is 6.07 Å². The Morgan fingerprint density at radius 3 is 2.70 bits per heavy atom. The summed E-state index contributed by atoms with van der Waals surface area (Å²) in [6.45, 7) is 6.30. The van der Waals surface area contributed by atoms with E-state index >= 15 is 0 Å². The van der Waals surface area contributed by atoms with E-state index in [1.54, 1.807) is 23.7 Å². The van der Waals surface area contributed by atoms with Crippen LogP contribution in [0.5, 0.6) is 0 Å². The molecule has 0 aliphatic carbocycles. The maximum atomic E-state index is 13.8. The van der Waals surface area contributed by atoms with E-state index in [1.165, 1.54) is 6.07 Å². The van der Waals surface area contributed by atoms with Crippen LogP contribution in [-0.4, -0.2) is 15.6 Å². The van der Waals surface area contributed by atoms with Crippen LogP contribution in [0, 0.1) is 19.7 Å². The van der Waals surface area contributed by atoms with E-state index in [-0.39, 0.29) is 17.8 Å². The molecule has 0 unspecified atom stereocenters. The topological polar surface area (TPSA) is 34.9 Å². The Morgan fingerprint density at radius 1 is 1.40 bits per heavy atom. The lowest BCUT2D eigenvalue weighted by Gasteiger charge is -2.06. The summed E-state index contributed by atoms with van der Waals surface area (Å²) in [5, 5.41) is 4.34. The van der Waals surface area contributed by atoms with Gasteiger partial charge in [0.1, 0.15) is 5.82 Å². The van der Waals surface area contributed by atoms with E-state index in [2.05, 4.69) is 21.0 Å². The van der Waals surface area contributed by atoms with Gasteiger partial charge in [-0.3, -0.25) is 9.48 Å². The average molecular weight is 339 g/mol. The van der Waals surface area contributed by atoms with Gasteiger partial charge in [-0.2, -0.15) is 5.10 Å². The van der Waals surface area contributed by atoms with E-state index in [0.717, 1.165) is 21.4 Å². The molecule has 106 valence electrons. The van der Waals surface area contributed by atoms with Crippen LogP contribution in [0.2, 0.25) is 0 Å². The maximum absolute atomic E-state index is 13.8. The van der Waals surface area contributed by atoms with Gasteiger partial charge in [0.15, 0.2) is 5.78 Å². The molecule has 1 heterocycles. The van der Waals surface area contributed by atoms with Crippen molar-refractivity contribution in [2.24, 2.45) is 0 Å². The van der Waals surface area contributed by atoms with Gasteiger partial charge in [0.2, 0.25) is 0 Å². The van der Waals surface area contributed by atoms with E-state index in [0.29, 0.717) is 6.54 Å². The molecule has 2 rings (SSSR count). The lowest BCUT2D eigenvalue weighted by molar-refractivity contribution is 0.0986. The fourth-order valence-corrected chi connectivity index (χ4v) is 2.56. The summed E-state index contributed by atoms with van der Waals surface area (Å²) in [5.41, 5.74) is 2.55. The smallest absolute Gasteiger partial charge is 0.171 e. The molecule has 1 aromatic heterocycles. The molecule has 0 saturated carbocycles. The molecule has 0 aliphatic heterocycles. The molecule has 3 nitrogen and oxygen atoms in total. The normalized spacial score (nSPS) is 10.8. The van der Waals surface area contributed by atoms with E-state index in [1.807, 2.05) is 13.8 Å². The highest BCUT2D eigenvalue weighted by molar-refractivity contribution is 9.10. The average Bonchev–Trinajstić information content (AvgIpc) is 2.66. The van der Waals surface area contributed by atoms with Gasteiger partial charge < -0.3 is 0 Å². The van der Waals surface area contributed by atoms with Crippen molar-refractivity contribution in [3.8, 4) is 0 Å². The first kappa shape index (κ1) is 14.9. The molecule has 0 amide bonds.